The summed E-state index contributed by atoms with van der Waals surface area (Å²) >= 11 is 0. The third kappa shape index (κ3) is 59.6. The minimum atomic E-state index is -0.789. The van der Waals surface area contributed by atoms with Gasteiger partial charge in [0, 0.05) is 19.3 Å². The van der Waals surface area contributed by atoms with Gasteiger partial charge in [0.1, 0.15) is 13.2 Å². The molecule has 422 valence electrons. The molecule has 6 nitrogen and oxygen atoms in total. The van der Waals surface area contributed by atoms with Crippen molar-refractivity contribution in [2.45, 2.75) is 322 Å². The van der Waals surface area contributed by atoms with Gasteiger partial charge in [-0.3, -0.25) is 14.4 Å². The van der Waals surface area contributed by atoms with Gasteiger partial charge in [-0.25, -0.2) is 0 Å². The molecule has 0 aromatic rings. The Kier molecular flexibility index (Phi) is 58.7. The molecule has 1 atom stereocenters. The Morgan fingerprint density at radius 2 is 0.534 bits per heavy atom. The molecule has 0 unspecified atom stereocenters. The van der Waals surface area contributed by atoms with Crippen molar-refractivity contribution < 1.29 is 28.6 Å². The predicted molar refractivity (Wildman–Crippen MR) is 316 cm³/mol. The first-order valence-corrected chi connectivity index (χ1v) is 31.4. The Bertz CT molecular complexity index is 1360. The van der Waals surface area contributed by atoms with E-state index in [2.05, 4.69) is 93.7 Å². The molecule has 0 bridgehead atoms. The highest BCUT2D eigenvalue weighted by atomic mass is 16.6. The summed E-state index contributed by atoms with van der Waals surface area (Å²) in [6.45, 7) is 6.53. The van der Waals surface area contributed by atoms with Gasteiger partial charge in [0.05, 0.1) is 0 Å². The zero-order valence-electron chi connectivity index (χ0n) is 48.4. The molecule has 0 aliphatic carbocycles. The van der Waals surface area contributed by atoms with E-state index in [1.807, 2.05) is 0 Å². The number of carbonyl (C=O) groups excluding carboxylic acids is 3. The quantitative estimate of drug-likeness (QED) is 0.0261. The zero-order valence-corrected chi connectivity index (χ0v) is 48.4. The minimum Gasteiger partial charge on any atom is -0.462 e. The number of ether oxygens (including phenoxy) is 3. The number of allylic oxidation sites excluding steroid dienone is 12. The van der Waals surface area contributed by atoms with Crippen LogP contribution in [0.15, 0.2) is 72.9 Å². The molecule has 0 amide bonds. The van der Waals surface area contributed by atoms with E-state index in [4.69, 9.17) is 14.2 Å². The van der Waals surface area contributed by atoms with Crippen LogP contribution in [0.4, 0.5) is 0 Å². The normalized spacial score (nSPS) is 12.5. The molecule has 0 N–H and O–H groups in total. The lowest BCUT2D eigenvalue weighted by molar-refractivity contribution is -0.167. The minimum absolute atomic E-state index is 0.0840. The Labute approximate surface area is 453 Å². The van der Waals surface area contributed by atoms with Crippen LogP contribution in [0.3, 0.4) is 0 Å². The molecule has 0 aliphatic rings. The summed E-state index contributed by atoms with van der Waals surface area (Å²) in [6, 6.07) is 0. The van der Waals surface area contributed by atoms with E-state index in [9.17, 15) is 14.4 Å². The summed E-state index contributed by atoms with van der Waals surface area (Å²) in [5.41, 5.74) is 0. The number of carbonyl (C=O) groups is 3. The smallest absolute Gasteiger partial charge is 0.306 e. The topological polar surface area (TPSA) is 78.9 Å². The average Bonchev–Trinajstić information content (AvgIpc) is 3.39. The molecule has 0 aromatic heterocycles. The van der Waals surface area contributed by atoms with Gasteiger partial charge in [0.2, 0.25) is 0 Å². The highest BCUT2D eigenvalue weighted by molar-refractivity contribution is 5.71. The lowest BCUT2D eigenvalue weighted by atomic mass is 10.0. The van der Waals surface area contributed by atoms with Gasteiger partial charge in [0.15, 0.2) is 6.10 Å². The van der Waals surface area contributed by atoms with E-state index in [0.29, 0.717) is 19.3 Å². The van der Waals surface area contributed by atoms with Crippen LogP contribution in [0.1, 0.15) is 316 Å². The van der Waals surface area contributed by atoms with Crippen molar-refractivity contribution in [1.29, 1.82) is 0 Å². The maximum Gasteiger partial charge on any atom is 0.306 e. The predicted octanol–water partition coefficient (Wildman–Crippen LogP) is 21.3. The summed E-state index contributed by atoms with van der Waals surface area (Å²) in [5.74, 6) is -0.900. The van der Waals surface area contributed by atoms with Gasteiger partial charge < -0.3 is 14.2 Å². The lowest BCUT2D eigenvalue weighted by Gasteiger charge is -2.18. The lowest BCUT2D eigenvalue weighted by Crippen LogP contribution is -2.30. The largest absolute Gasteiger partial charge is 0.462 e. The van der Waals surface area contributed by atoms with E-state index >= 15 is 0 Å². The second-order valence-electron chi connectivity index (χ2n) is 20.9. The van der Waals surface area contributed by atoms with Crippen LogP contribution >= 0.6 is 0 Å². The van der Waals surface area contributed by atoms with Crippen molar-refractivity contribution in [3.8, 4) is 0 Å². The monoisotopic (exact) mass is 1020 g/mol. The summed E-state index contributed by atoms with van der Waals surface area (Å²) in [7, 11) is 0. The van der Waals surface area contributed by atoms with Crippen LogP contribution in [-0.2, 0) is 28.6 Å². The Morgan fingerprint density at radius 3 is 0.849 bits per heavy atom. The van der Waals surface area contributed by atoms with E-state index in [1.54, 1.807) is 0 Å². The molecular formula is C67H118O6. The molecule has 0 heterocycles. The van der Waals surface area contributed by atoms with Gasteiger partial charge >= 0.3 is 17.9 Å². The van der Waals surface area contributed by atoms with Gasteiger partial charge in [-0.2, -0.15) is 0 Å². The number of hydrogen-bond donors (Lipinski definition) is 0. The Hall–Kier alpha value is -3.15. The number of unbranched alkanes of at least 4 members (excludes halogenated alkanes) is 34. The van der Waals surface area contributed by atoms with Crippen LogP contribution in [0.5, 0.6) is 0 Å². The third-order valence-corrected chi connectivity index (χ3v) is 13.7. The highest BCUT2D eigenvalue weighted by Gasteiger charge is 2.19. The molecule has 0 aromatic carbocycles. The standard InChI is InChI=1S/C67H118O6/c1-4-7-10-13-16-19-22-25-28-31-32-33-34-37-39-42-45-48-51-54-57-60-66(69)72-63-64(73-67(70)61-58-55-52-49-46-43-40-36-30-27-24-21-18-15-12-9-6-3)62-71-65(68)59-56-53-50-47-44-41-38-35-29-26-23-20-17-14-11-8-5-2/h8,11,17,20,25-30,38,41,64H,4-7,9-10,12-16,18-19,21-24,31-37,39-40,42-63H2,1-3H3/b11-8-,20-17-,28-25-,29-26-,30-27-,41-38-/t64-/m1/s1. The van der Waals surface area contributed by atoms with Crippen molar-refractivity contribution in [2.24, 2.45) is 0 Å². The van der Waals surface area contributed by atoms with Gasteiger partial charge in [-0.05, 0) is 109 Å². The fraction of sp³-hybridized carbons (Fsp3) is 0.776. The second-order valence-corrected chi connectivity index (χ2v) is 20.9. The van der Waals surface area contributed by atoms with E-state index in [-0.39, 0.29) is 31.1 Å². The molecule has 6 heteroatoms. The van der Waals surface area contributed by atoms with Crippen molar-refractivity contribution in [3.05, 3.63) is 72.9 Å². The van der Waals surface area contributed by atoms with Gasteiger partial charge in [0.25, 0.3) is 0 Å². The number of rotatable bonds is 57. The maximum atomic E-state index is 12.9. The van der Waals surface area contributed by atoms with Crippen molar-refractivity contribution in [3.63, 3.8) is 0 Å². The number of hydrogen-bond acceptors (Lipinski definition) is 6. The Balaban J connectivity index is 4.39. The molecule has 0 rings (SSSR count). The van der Waals surface area contributed by atoms with Crippen molar-refractivity contribution in [1.82, 2.24) is 0 Å². The molecule has 0 fully saturated rings. The molecule has 0 aliphatic heterocycles. The van der Waals surface area contributed by atoms with Crippen LogP contribution in [0, 0.1) is 0 Å². The van der Waals surface area contributed by atoms with Crippen LogP contribution < -0.4 is 0 Å². The van der Waals surface area contributed by atoms with Crippen molar-refractivity contribution in [2.75, 3.05) is 13.2 Å². The highest BCUT2D eigenvalue weighted by Crippen LogP contribution is 2.16. The van der Waals surface area contributed by atoms with Crippen molar-refractivity contribution >= 4 is 17.9 Å². The second kappa shape index (κ2) is 61.4. The zero-order chi connectivity index (χ0) is 52.9. The first-order valence-electron chi connectivity index (χ1n) is 31.4. The first kappa shape index (κ1) is 69.8. The summed E-state index contributed by atoms with van der Waals surface area (Å²) in [5, 5.41) is 0. The van der Waals surface area contributed by atoms with E-state index in [0.717, 1.165) is 96.3 Å². The number of esters is 3. The molecule has 0 saturated heterocycles. The molecule has 0 spiro atoms. The van der Waals surface area contributed by atoms with E-state index in [1.165, 1.54) is 180 Å². The fourth-order valence-electron chi connectivity index (χ4n) is 8.95. The van der Waals surface area contributed by atoms with E-state index < -0.39 is 6.10 Å². The molecule has 0 saturated carbocycles. The average molecular weight is 1020 g/mol. The van der Waals surface area contributed by atoms with Gasteiger partial charge in [-0.1, -0.05) is 261 Å². The molecular weight excluding hydrogens is 901 g/mol. The fourth-order valence-corrected chi connectivity index (χ4v) is 8.95. The SMILES string of the molecule is CC/C=C\C/C=C\C/C=C\C/C=C\CCCCCCC(=O)OC[C@H](COC(=O)CCCCCCCCCCCCC/C=C\CCCCCCCC)OC(=O)CCCCCCCCC/C=C\CCCCCCCC. The van der Waals surface area contributed by atoms with Gasteiger partial charge in [-0.15, -0.1) is 0 Å². The Morgan fingerprint density at radius 1 is 0.288 bits per heavy atom. The van der Waals surface area contributed by atoms with Crippen LogP contribution in [0.25, 0.3) is 0 Å². The first-order chi connectivity index (χ1) is 36.0. The molecule has 0 radical (unpaired) electrons. The summed E-state index contributed by atoms with van der Waals surface area (Å²) in [6.07, 6.45) is 79.0. The van der Waals surface area contributed by atoms with Crippen LogP contribution in [0.2, 0.25) is 0 Å². The summed E-state index contributed by atoms with van der Waals surface area (Å²) in [4.78, 5) is 38.3. The van der Waals surface area contributed by atoms with Crippen LogP contribution in [-0.4, -0.2) is 37.2 Å². The molecule has 73 heavy (non-hydrogen) atoms. The summed E-state index contributed by atoms with van der Waals surface area (Å²) < 4.78 is 16.9. The third-order valence-electron chi connectivity index (χ3n) is 13.7. The maximum absolute atomic E-state index is 12.9.